The van der Waals surface area contributed by atoms with E-state index in [2.05, 4.69) is 71.9 Å². The molecule has 1 aromatic heterocycles. The first-order valence-corrected chi connectivity index (χ1v) is 11.8. The average molecular weight is 431 g/mol. The highest BCUT2D eigenvalue weighted by atomic mass is 16.2. The number of amides is 2. The Labute approximate surface area is 190 Å². The smallest absolute Gasteiger partial charge is 0.323 e. The summed E-state index contributed by atoms with van der Waals surface area (Å²) in [7, 11) is 0. The first kappa shape index (κ1) is 22.0. The molecule has 4 rings (SSSR count). The maximum atomic E-state index is 12.8. The number of carbonyl (C=O) groups is 1. The summed E-state index contributed by atoms with van der Waals surface area (Å²) in [5, 5.41) is 7.22. The summed E-state index contributed by atoms with van der Waals surface area (Å²) in [6.07, 6.45) is 9.96. The van der Waals surface area contributed by atoms with Crippen molar-refractivity contribution >= 4 is 28.3 Å². The van der Waals surface area contributed by atoms with Gasteiger partial charge in [0.1, 0.15) is 0 Å². The Balaban J connectivity index is 1.50. The van der Waals surface area contributed by atoms with Crippen LogP contribution in [-0.4, -0.2) is 29.0 Å². The number of rotatable bonds is 7. The molecule has 1 aliphatic rings. The fourth-order valence-corrected chi connectivity index (χ4v) is 4.51. The van der Waals surface area contributed by atoms with Crippen LogP contribution < -0.4 is 10.6 Å². The molecule has 2 heterocycles. The molecule has 5 heteroatoms. The number of para-hydroxylation sites is 1. The maximum absolute atomic E-state index is 12.8. The Kier molecular flexibility index (Phi) is 6.84. The number of H-pyrrole nitrogens is 1. The third kappa shape index (κ3) is 4.82. The zero-order valence-electron chi connectivity index (χ0n) is 19.3. The molecule has 0 aliphatic carbocycles. The minimum absolute atomic E-state index is 0.218. The zero-order chi connectivity index (χ0) is 22.5. The average Bonchev–Trinajstić information content (AvgIpc) is 3.23. The molecule has 5 nitrogen and oxygen atoms in total. The molecule has 3 aromatic rings. The molecule has 168 valence electrons. The number of anilines is 2. The molecular formula is C27H34N4O. The number of carbonyl (C=O) groups excluding carboxylic acids is 1. The summed E-state index contributed by atoms with van der Waals surface area (Å²) >= 11 is 0. The number of aromatic amines is 1. The van der Waals surface area contributed by atoms with E-state index in [-0.39, 0.29) is 6.03 Å². The van der Waals surface area contributed by atoms with Crippen LogP contribution in [0.1, 0.15) is 63.0 Å². The molecule has 0 bridgehead atoms. The third-order valence-corrected chi connectivity index (χ3v) is 6.49. The van der Waals surface area contributed by atoms with Gasteiger partial charge in [-0.1, -0.05) is 45.0 Å². The summed E-state index contributed by atoms with van der Waals surface area (Å²) in [4.78, 5) is 18.5. The minimum atomic E-state index is -0.218. The molecule has 2 amide bonds. The molecule has 2 atom stereocenters. The number of hydrogen-bond acceptors (Lipinski definition) is 2. The van der Waals surface area contributed by atoms with E-state index in [1.165, 1.54) is 17.4 Å². The van der Waals surface area contributed by atoms with Crippen molar-refractivity contribution in [3.8, 4) is 0 Å². The van der Waals surface area contributed by atoms with Gasteiger partial charge in [-0.3, -0.25) is 0 Å². The molecule has 0 spiro atoms. The predicted octanol–water partition coefficient (Wildman–Crippen LogP) is 7.04. The Morgan fingerprint density at radius 2 is 2.03 bits per heavy atom. The van der Waals surface area contributed by atoms with Crippen LogP contribution in [0.5, 0.6) is 0 Å². The Morgan fingerprint density at radius 3 is 2.78 bits per heavy atom. The fourth-order valence-electron chi connectivity index (χ4n) is 4.51. The summed E-state index contributed by atoms with van der Waals surface area (Å²) in [6.45, 7) is 8.75. The lowest BCUT2D eigenvalue weighted by atomic mass is 9.93. The number of aromatic nitrogens is 1. The molecule has 2 aromatic carbocycles. The van der Waals surface area contributed by atoms with Crippen molar-refractivity contribution in [1.82, 2.24) is 9.88 Å². The quantitative estimate of drug-likeness (QED) is 0.376. The molecule has 0 fully saturated rings. The number of hydrogen-bond donors (Lipinski definition) is 3. The van der Waals surface area contributed by atoms with Crippen molar-refractivity contribution in [2.45, 2.75) is 51.9 Å². The minimum Gasteiger partial charge on any atom is -0.378 e. The monoisotopic (exact) mass is 430 g/mol. The lowest BCUT2D eigenvalue weighted by molar-refractivity contribution is 0.262. The van der Waals surface area contributed by atoms with E-state index in [4.69, 9.17) is 0 Å². The van der Waals surface area contributed by atoms with E-state index < -0.39 is 0 Å². The molecule has 1 aliphatic heterocycles. The summed E-state index contributed by atoms with van der Waals surface area (Å²) < 4.78 is 0. The summed E-state index contributed by atoms with van der Waals surface area (Å²) in [6, 6.07) is 13.9. The molecule has 3 N–H and O–H groups in total. The highest BCUT2D eigenvalue weighted by molar-refractivity contribution is 6.01. The van der Waals surface area contributed by atoms with Gasteiger partial charge in [-0.05, 0) is 66.8 Å². The van der Waals surface area contributed by atoms with Crippen LogP contribution in [-0.2, 0) is 0 Å². The van der Waals surface area contributed by atoms with Gasteiger partial charge in [0.2, 0.25) is 0 Å². The second-order valence-electron chi connectivity index (χ2n) is 8.75. The van der Waals surface area contributed by atoms with E-state index in [9.17, 15) is 4.79 Å². The highest BCUT2D eigenvalue weighted by Crippen LogP contribution is 2.33. The van der Waals surface area contributed by atoms with E-state index in [0.717, 1.165) is 48.4 Å². The Hall–Kier alpha value is -3.21. The second-order valence-corrected chi connectivity index (χ2v) is 8.75. The maximum Gasteiger partial charge on any atom is 0.323 e. The van der Waals surface area contributed by atoms with Gasteiger partial charge in [-0.25, -0.2) is 4.79 Å². The van der Waals surface area contributed by atoms with Crippen LogP contribution in [0.25, 0.3) is 10.9 Å². The van der Waals surface area contributed by atoms with Crippen LogP contribution in [0.15, 0.2) is 60.9 Å². The normalized spacial score (nSPS) is 16.8. The molecular weight excluding hydrogens is 396 g/mol. The molecule has 32 heavy (non-hydrogen) atoms. The first-order valence-electron chi connectivity index (χ1n) is 11.8. The molecule has 0 radical (unpaired) electrons. The molecule has 0 saturated carbocycles. The number of urea groups is 1. The van der Waals surface area contributed by atoms with Gasteiger partial charge in [0, 0.05) is 47.5 Å². The van der Waals surface area contributed by atoms with Crippen molar-refractivity contribution in [1.29, 1.82) is 0 Å². The van der Waals surface area contributed by atoms with Gasteiger partial charge in [-0.15, -0.1) is 0 Å². The predicted molar refractivity (Wildman–Crippen MR) is 134 cm³/mol. The lowest BCUT2D eigenvalue weighted by Crippen LogP contribution is -2.24. The van der Waals surface area contributed by atoms with Crippen molar-refractivity contribution in [2.24, 2.45) is 0 Å². The van der Waals surface area contributed by atoms with Crippen LogP contribution in [0.2, 0.25) is 0 Å². The van der Waals surface area contributed by atoms with Crippen molar-refractivity contribution < 1.29 is 4.79 Å². The van der Waals surface area contributed by atoms with E-state index in [1.807, 2.05) is 30.3 Å². The van der Waals surface area contributed by atoms with E-state index in [0.29, 0.717) is 11.8 Å². The largest absolute Gasteiger partial charge is 0.378 e. The third-order valence-electron chi connectivity index (χ3n) is 6.49. The van der Waals surface area contributed by atoms with Gasteiger partial charge in [-0.2, -0.15) is 0 Å². The van der Waals surface area contributed by atoms with Crippen LogP contribution in [0, 0.1) is 0 Å². The van der Waals surface area contributed by atoms with Gasteiger partial charge < -0.3 is 20.5 Å². The SMILES string of the molecule is CCCN1C=CC(c2c[nH]c3ccc(NC(=O)Nc4ccccc4C(C)CC)cc23)CC1. The van der Waals surface area contributed by atoms with Gasteiger partial charge >= 0.3 is 6.03 Å². The van der Waals surface area contributed by atoms with E-state index >= 15 is 0 Å². The highest BCUT2D eigenvalue weighted by Gasteiger charge is 2.18. The summed E-state index contributed by atoms with van der Waals surface area (Å²) in [5.41, 5.74) is 5.21. The molecule has 0 saturated heterocycles. The van der Waals surface area contributed by atoms with Crippen molar-refractivity contribution in [3.63, 3.8) is 0 Å². The van der Waals surface area contributed by atoms with E-state index in [1.54, 1.807) is 0 Å². The second kappa shape index (κ2) is 9.94. The van der Waals surface area contributed by atoms with Gasteiger partial charge in [0.15, 0.2) is 0 Å². The lowest BCUT2D eigenvalue weighted by Gasteiger charge is -2.27. The number of allylic oxidation sites excluding steroid dienone is 1. The summed E-state index contributed by atoms with van der Waals surface area (Å²) in [5.74, 6) is 0.783. The van der Waals surface area contributed by atoms with Crippen LogP contribution in [0.4, 0.5) is 16.2 Å². The van der Waals surface area contributed by atoms with Crippen molar-refractivity contribution in [3.05, 3.63) is 72.1 Å². The Morgan fingerprint density at radius 1 is 1.19 bits per heavy atom. The van der Waals surface area contributed by atoms with Crippen LogP contribution in [0.3, 0.4) is 0 Å². The van der Waals surface area contributed by atoms with Crippen molar-refractivity contribution in [2.75, 3.05) is 23.7 Å². The van der Waals surface area contributed by atoms with Gasteiger partial charge in [0.25, 0.3) is 0 Å². The zero-order valence-corrected chi connectivity index (χ0v) is 19.3. The first-order chi connectivity index (χ1) is 15.6. The van der Waals surface area contributed by atoms with Crippen LogP contribution >= 0.6 is 0 Å². The number of benzene rings is 2. The number of nitrogens with one attached hydrogen (secondary N) is 3. The number of nitrogens with zero attached hydrogens (tertiary/aromatic N) is 1. The Bertz CT molecular complexity index is 1100. The fraction of sp³-hybridized carbons (Fsp3) is 0.370. The molecule has 2 unspecified atom stereocenters. The number of fused-ring (bicyclic) bond motifs is 1. The standard InChI is InChI=1S/C27H34N4O/c1-4-14-31-15-12-20(13-16-31)24-18-28-25-11-10-21(17-23(24)25)29-27(32)30-26-9-7-6-8-22(26)19(3)5-2/h6-12,15,17-20,28H,4-5,13-14,16H2,1-3H3,(H2,29,30,32). The van der Waals surface area contributed by atoms with Gasteiger partial charge in [0.05, 0.1) is 0 Å². The topological polar surface area (TPSA) is 60.2 Å².